The second-order valence-electron chi connectivity index (χ2n) is 7.77. The van der Waals surface area contributed by atoms with Crippen molar-refractivity contribution < 1.29 is 9.21 Å². The number of hydrogen-bond acceptors (Lipinski definition) is 3. The monoisotopic (exact) mass is 352 g/mol. The Morgan fingerprint density at radius 3 is 2.73 bits per heavy atom. The van der Waals surface area contributed by atoms with Crippen LogP contribution in [0.3, 0.4) is 0 Å². The van der Waals surface area contributed by atoms with E-state index in [1.165, 1.54) is 11.1 Å². The van der Waals surface area contributed by atoms with E-state index >= 15 is 0 Å². The van der Waals surface area contributed by atoms with E-state index in [1.54, 1.807) is 0 Å². The van der Waals surface area contributed by atoms with Gasteiger partial charge in [0.15, 0.2) is 0 Å². The number of amides is 1. The average molecular weight is 352 g/mol. The van der Waals surface area contributed by atoms with Crippen LogP contribution in [0.5, 0.6) is 0 Å². The first-order valence-electron chi connectivity index (χ1n) is 9.82. The minimum Gasteiger partial charge on any atom is -0.465 e. The lowest BCUT2D eigenvalue weighted by molar-refractivity contribution is -0.122. The Balaban J connectivity index is 1.22. The number of hydrogen-bond donors (Lipinski definition) is 1. The maximum atomic E-state index is 12.6. The molecule has 0 spiro atoms. The van der Waals surface area contributed by atoms with Crippen LogP contribution in [0, 0.1) is 12.8 Å². The third kappa shape index (κ3) is 3.85. The largest absolute Gasteiger partial charge is 0.465 e. The second-order valence-corrected chi connectivity index (χ2v) is 7.77. The quantitative estimate of drug-likeness (QED) is 0.893. The standard InChI is InChI=1S/C22H28N2O2/c1-16-6-8-19(26-16)15-24-12-10-17(11-13-24)14-23-22(25)21-9-7-18-4-2-3-5-20(18)21/h2-6,8,17,21H,7,9-15H2,1H3,(H,23,25). The Morgan fingerprint density at radius 2 is 1.96 bits per heavy atom. The van der Waals surface area contributed by atoms with Gasteiger partial charge in [0, 0.05) is 6.54 Å². The van der Waals surface area contributed by atoms with Gasteiger partial charge in [0.05, 0.1) is 12.5 Å². The van der Waals surface area contributed by atoms with Gasteiger partial charge in [-0.1, -0.05) is 24.3 Å². The maximum Gasteiger partial charge on any atom is 0.227 e. The van der Waals surface area contributed by atoms with E-state index in [-0.39, 0.29) is 11.8 Å². The molecule has 1 unspecified atom stereocenters. The number of carbonyl (C=O) groups excluding carboxylic acids is 1. The fourth-order valence-corrected chi connectivity index (χ4v) is 4.34. The minimum absolute atomic E-state index is 0.0495. The van der Waals surface area contributed by atoms with Gasteiger partial charge in [0.1, 0.15) is 11.5 Å². The predicted octanol–water partition coefficient (Wildman–Crippen LogP) is 3.65. The van der Waals surface area contributed by atoms with Crippen molar-refractivity contribution in [2.75, 3.05) is 19.6 Å². The predicted molar refractivity (Wildman–Crippen MR) is 102 cm³/mol. The van der Waals surface area contributed by atoms with Gasteiger partial charge >= 0.3 is 0 Å². The normalized spacial score (nSPS) is 20.9. The zero-order valence-corrected chi connectivity index (χ0v) is 15.5. The zero-order valence-electron chi connectivity index (χ0n) is 15.5. The Labute approximate surface area is 155 Å². The second kappa shape index (κ2) is 7.67. The van der Waals surface area contributed by atoms with Gasteiger partial charge in [-0.2, -0.15) is 0 Å². The number of fused-ring (bicyclic) bond motifs is 1. The van der Waals surface area contributed by atoms with Crippen molar-refractivity contribution in [2.24, 2.45) is 5.92 Å². The Hall–Kier alpha value is -2.07. The summed E-state index contributed by atoms with van der Waals surface area (Å²) in [6.45, 7) is 5.84. The smallest absolute Gasteiger partial charge is 0.227 e. The van der Waals surface area contributed by atoms with Gasteiger partial charge in [-0.05, 0) is 74.9 Å². The SMILES string of the molecule is Cc1ccc(CN2CCC(CNC(=O)C3CCc4ccccc43)CC2)o1. The van der Waals surface area contributed by atoms with E-state index < -0.39 is 0 Å². The van der Waals surface area contributed by atoms with E-state index in [9.17, 15) is 4.79 Å². The molecule has 1 fully saturated rings. The molecule has 1 saturated heterocycles. The number of carbonyl (C=O) groups is 1. The van der Waals surface area contributed by atoms with Gasteiger partial charge in [-0.25, -0.2) is 0 Å². The van der Waals surface area contributed by atoms with Crippen molar-refractivity contribution >= 4 is 5.91 Å². The highest BCUT2D eigenvalue weighted by Crippen LogP contribution is 2.33. The van der Waals surface area contributed by atoms with Crippen LogP contribution in [0.4, 0.5) is 0 Å². The molecule has 2 heterocycles. The van der Waals surface area contributed by atoms with Crippen molar-refractivity contribution in [3.63, 3.8) is 0 Å². The van der Waals surface area contributed by atoms with E-state index in [1.807, 2.05) is 19.1 Å². The molecule has 138 valence electrons. The Bertz CT molecular complexity index is 759. The molecule has 1 aromatic carbocycles. The summed E-state index contributed by atoms with van der Waals surface area (Å²) in [5.74, 6) is 2.88. The summed E-state index contributed by atoms with van der Waals surface area (Å²) in [7, 11) is 0. The molecular formula is C22H28N2O2. The number of likely N-dealkylation sites (tertiary alicyclic amines) is 1. The summed E-state index contributed by atoms with van der Waals surface area (Å²) in [6.07, 6.45) is 4.26. The number of piperidine rings is 1. The minimum atomic E-state index is 0.0495. The summed E-state index contributed by atoms with van der Waals surface area (Å²) in [5, 5.41) is 3.23. The molecule has 1 amide bonds. The van der Waals surface area contributed by atoms with E-state index in [0.717, 1.165) is 63.4 Å². The molecule has 0 radical (unpaired) electrons. The number of nitrogens with zero attached hydrogens (tertiary/aromatic N) is 1. The highest BCUT2D eigenvalue weighted by atomic mass is 16.3. The van der Waals surface area contributed by atoms with Gasteiger partial charge in [0.2, 0.25) is 5.91 Å². The maximum absolute atomic E-state index is 12.6. The van der Waals surface area contributed by atoms with Gasteiger partial charge in [-0.15, -0.1) is 0 Å². The molecule has 1 N–H and O–H groups in total. The van der Waals surface area contributed by atoms with Crippen LogP contribution in [0.15, 0.2) is 40.8 Å². The highest BCUT2D eigenvalue weighted by molar-refractivity contribution is 5.84. The number of nitrogens with one attached hydrogen (secondary N) is 1. The van der Waals surface area contributed by atoms with Crippen LogP contribution < -0.4 is 5.32 Å². The zero-order chi connectivity index (χ0) is 17.9. The van der Waals surface area contributed by atoms with Crippen LogP contribution >= 0.6 is 0 Å². The van der Waals surface area contributed by atoms with E-state index in [2.05, 4.69) is 34.5 Å². The molecule has 1 aromatic heterocycles. The van der Waals surface area contributed by atoms with E-state index in [4.69, 9.17) is 4.42 Å². The molecule has 1 atom stereocenters. The number of benzene rings is 1. The van der Waals surface area contributed by atoms with E-state index in [0.29, 0.717) is 5.92 Å². The fourth-order valence-electron chi connectivity index (χ4n) is 4.34. The Morgan fingerprint density at radius 1 is 1.15 bits per heavy atom. The number of aryl methyl sites for hydroxylation is 2. The average Bonchev–Trinajstić information content (AvgIpc) is 3.27. The molecule has 0 bridgehead atoms. The third-order valence-electron chi connectivity index (χ3n) is 5.90. The first kappa shape index (κ1) is 17.3. The summed E-state index contributed by atoms with van der Waals surface area (Å²) < 4.78 is 5.68. The third-order valence-corrected chi connectivity index (χ3v) is 5.90. The first-order chi connectivity index (χ1) is 12.7. The fraction of sp³-hybridized carbons (Fsp3) is 0.500. The van der Waals surface area contributed by atoms with Crippen molar-refractivity contribution in [1.82, 2.24) is 10.2 Å². The molecule has 2 aliphatic rings. The molecule has 4 nitrogen and oxygen atoms in total. The number of furan rings is 1. The summed E-state index contributed by atoms with van der Waals surface area (Å²) in [6, 6.07) is 12.5. The molecule has 0 saturated carbocycles. The lowest BCUT2D eigenvalue weighted by atomic mass is 9.95. The van der Waals surface area contributed by atoms with Gasteiger partial charge in [-0.3, -0.25) is 9.69 Å². The molecule has 4 heteroatoms. The van der Waals surface area contributed by atoms with Crippen molar-refractivity contribution in [3.8, 4) is 0 Å². The van der Waals surface area contributed by atoms with Gasteiger partial charge in [0.25, 0.3) is 0 Å². The van der Waals surface area contributed by atoms with Crippen molar-refractivity contribution in [2.45, 2.75) is 45.1 Å². The lowest BCUT2D eigenvalue weighted by Gasteiger charge is -2.31. The Kier molecular flexibility index (Phi) is 5.11. The molecule has 26 heavy (non-hydrogen) atoms. The van der Waals surface area contributed by atoms with Crippen molar-refractivity contribution in [3.05, 3.63) is 59.0 Å². The highest BCUT2D eigenvalue weighted by Gasteiger charge is 2.29. The van der Waals surface area contributed by atoms with Crippen LogP contribution in [0.25, 0.3) is 0 Å². The summed E-state index contributed by atoms with van der Waals surface area (Å²) >= 11 is 0. The summed E-state index contributed by atoms with van der Waals surface area (Å²) in [4.78, 5) is 15.1. The first-order valence-corrected chi connectivity index (χ1v) is 9.82. The molecular weight excluding hydrogens is 324 g/mol. The topological polar surface area (TPSA) is 45.5 Å². The lowest BCUT2D eigenvalue weighted by Crippen LogP contribution is -2.39. The van der Waals surface area contributed by atoms with Crippen LogP contribution in [0.2, 0.25) is 0 Å². The number of rotatable bonds is 5. The van der Waals surface area contributed by atoms with Crippen LogP contribution in [0.1, 0.15) is 47.8 Å². The molecule has 2 aromatic rings. The molecule has 1 aliphatic carbocycles. The molecule has 4 rings (SSSR count). The molecule has 1 aliphatic heterocycles. The van der Waals surface area contributed by atoms with Crippen molar-refractivity contribution in [1.29, 1.82) is 0 Å². The van der Waals surface area contributed by atoms with Gasteiger partial charge < -0.3 is 9.73 Å². The summed E-state index contributed by atoms with van der Waals surface area (Å²) in [5.41, 5.74) is 2.57. The van der Waals surface area contributed by atoms with Crippen LogP contribution in [-0.4, -0.2) is 30.4 Å². The van der Waals surface area contributed by atoms with Crippen LogP contribution in [-0.2, 0) is 17.8 Å².